The van der Waals surface area contributed by atoms with Crippen molar-refractivity contribution in [1.29, 1.82) is 0 Å². The molecule has 0 aliphatic heterocycles. The molecule has 1 saturated carbocycles. The molecule has 21 heavy (non-hydrogen) atoms. The Morgan fingerprint density at radius 1 is 1.29 bits per heavy atom. The third-order valence-corrected chi connectivity index (χ3v) is 5.09. The van der Waals surface area contributed by atoms with Gasteiger partial charge < -0.3 is 5.32 Å². The second-order valence-corrected chi connectivity index (χ2v) is 6.87. The molecule has 0 saturated heterocycles. The number of rotatable bonds is 5. The van der Waals surface area contributed by atoms with E-state index < -0.39 is 0 Å². The van der Waals surface area contributed by atoms with Gasteiger partial charge in [0.1, 0.15) is 5.82 Å². The van der Waals surface area contributed by atoms with Crippen molar-refractivity contribution in [2.75, 3.05) is 16.5 Å². The van der Waals surface area contributed by atoms with Crippen molar-refractivity contribution in [2.24, 2.45) is 5.84 Å². The van der Waals surface area contributed by atoms with Crippen LogP contribution in [0, 0.1) is 0 Å². The predicted octanol–water partition coefficient (Wildman–Crippen LogP) is 3.00. The zero-order valence-electron chi connectivity index (χ0n) is 12.2. The van der Waals surface area contributed by atoms with Crippen molar-refractivity contribution >= 4 is 34.4 Å². The molecule has 1 aliphatic rings. The molecule has 1 heterocycles. The van der Waals surface area contributed by atoms with Gasteiger partial charge >= 0.3 is 0 Å². The average molecular weight is 303 g/mol. The van der Waals surface area contributed by atoms with Crippen LogP contribution in [0.3, 0.4) is 0 Å². The molecule has 1 aromatic heterocycles. The average Bonchev–Trinajstić information content (AvgIpc) is 2.94. The highest BCUT2D eigenvalue weighted by molar-refractivity contribution is 7.99. The van der Waals surface area contributed by atoms with Crippen LogP contribution in [0.4, 0.5) is 11.8 Å². The molecule has 6 heteroatoms. The Morgan fingerprint density at radius 3 is 2.95 bits per heavy atom. The third-order valence-electron chi connectivity index (χ3n) is 3.86. The van der Waals surface area contributed by atoms with Crippen molar-refractivity contribution in [3.63, 3.8) is 0 Å². The highest BCUT2D eigenvalue weighted by Gasteiger charge is 2.25. The molecule has 0 amide bonds. The minimum Gasteiger partial charge on any atom is -0.367 e. The lowest BCUT2D eigenvalue weighted by Crippen LogP contribution is -2.19. The van der Waals surface area contributed by atoms with Gasteiger partial charge in [0.2, 0.25) is 5.95 Å². The van der Waals surface area contributed by atoms with E-state index in [1.54, 1.807) is 0 Å². The molecular weight excluding hydrogens is 282 g/mol. The lowest BCUT2D eigenvalue weighted by atomic mass is 10.2. The van der Waals surface area contributed by atoms with Crippen molar-refractivity contribution in [3.8, 4) is 0 Å². The van der Waals surface area contributed by atoms with Gasteiger partial charge in [0.05, 0.1) is 5.52 Å². The maximum absolute atomic E-state index is 5.47. The molecular formula is C15H21N5S. The molecule has 0 bridgehead atoms. The number of anilines is 2. The number of nitrogen functional groups attached to an aromatic ring is 1. The van der Waals surface area contributed by atoms with E-state index in [2.05, 4.69) is 39.4 Å². The Bertz CT molecular complexity index is 618. The lowest BCUT2D eigenvalue weighted by molar-refractivity contribution is 0.753. The minimum atomic E-state index is 0.452. The van der Waals surface area contributed by atoms with Crippen LogP contribution >= 0.6 is 11.8 Å². The smallest absolute Gasteiger partial charge is 0.239 e. The Hall–Kier alpha value is -1.53. The summed E-state index contributed by atoms with van der Waals surface area (Å²) in [6.45, 7) is 2.22. The number of benzene rings is 1. The standard InChI is InChI=1S/C15H21N5S/c1-2-21-11-8-7-10(9-11)17-14-12-5-3-4-6-13(12)18-15(19-14)20-16/h3-6,10-11H,2,7-9,16H2,1H3,(H2,17,18,19,20). The first-order chi connectivity index (χ1) is 10.3. The number of hydrogen-bond acceptors (Lipinski definition) is 6. The number of fused-ring (bicyclic) bond motifs is 1. The maximum Gasteiger partial charge on any atom is 0.239 e. The number of aromatic nitrogens is 2. The van der Waals surface area contributed by atoms with Gasteiger partial charge in [-0.05, 0) is 37.1 Å². The first kappa shape index (κ1) is 14.4. The molecule has 0 spiro atoms. The summed E-state index contributed by atoms with van der Waals surface area (Å²) in [5.41, 5.74) is 3.45. The number of thioether (sulfide) groups is 1. The predicted molar refractivity (Wildman–Crippen MR) is 90.5 cm³/mol. The van der Waals surface area contributed by atoms with E-state index >= 15 is 0 Å². The Morgan fingerprint density at radius 2 is 2.14 bits per heavy atom. The topological polar surface area (TPSA) is 75.9 Å². The van der Waals surface area contributed by atoms with E-state index in [0.29, 0.717) is 12.0 Å². The molecule has 1 aromatic carbocycles. The summed E-state index contributed by atoms with van der Waals surface area (Å²) in [6, 6.07) is 8.50. The Balaban J connectivity index is 1.83. The van der Waals surface area contributed by atoms with Crippen LogP contribution in [-0.4, -0.2) is 27.0 Å². The van der Waals surface area contributed by atoms with E-state index in [4.69, 9.17) is 5.84 Å². The highest BCUT2D eigenvalue weighted by atomic mass is 32.2. The van der Waals surface area contributed by atoms with Crippen LogP contribution in [0.2, 0.25) is 0 Å². The van der Waals surface area contributed by atoms with Crippen molar-refractivity contribution in [1.82, 2.24) is 9.97 Å². The number of nitrogens with one attached hydrogen (secondary N) is 2. The summed E-state index contributed by atoms with van der Waals surface area (Å²) >= 11 is 2.06. The molecule has 2 aromatic rings. The number of hydrogen-bond donors (Lipinski definition) is 3. The number of nitrogens with zero attached hydrogens (tertiary/aromatic N) is 2. The normalized spacial score (nSPS) is 21.6. The van der Waals surface area contributed by atoms with Crippen LogP contribution in [0.5, 0.6) is 0 Å². The fourth-order valence-electron chi connectivity index (χ4n) is 2.90. The van der Waals surface area contributed by atoms with Crippen LogP contribution in [-0.2, 0) is 0 Å². The minimum absolute atomic E-state index is 0.452. The summed E-state index contributed by atoms with van der Waals surface area (Å²) in [5, 5.41) is 5.40. The largest absolute Gasteiger partial charge is 0.367 e. The van der Waals surface area contributed by atoms with E-state index in [-0.39, 0.29) is 0 Å². The molecule has 3 rings (SSSR count). The van der Waals surface area contributed by atoms with Crippen LogP contribution in [0.1, 0.15) is 26.2 Å². The number of nitrogens with two attached hydrogens (primary N) is 1. The van der Waals surface area contributed by atoms with Gasteiger partial charge in [-0.2, -0.15) is 16.7 Å². The number of para-hydroxylation sites is 1. The fourth-order valence-corrected chi connectivity index (χ4v) is 4.05. The summed E-state index contributed by atoms with van der Waals surface area (Å²) in [7, 11) is 0. The highest BCUT2D eigenvalue weighted by Crippen LogP contribution is 2.32. The summed E-state index contributed by atoms with van der Waals surface area (Å²) in [5.74, 6) is 7.99. The molecule has 4 N–H and O–H groups in total. The van der Waals surface area contributed by atoms with Crippen molar-refractivity contribution in [2.45, 2.75) is 37.5 Å². The molecule has 5 nitrogen and oxygen atoms in total. The fraction of sp³-hybridized carbons (Fsp3) is 0.467. The van der Waals surface area contributed by atoms with Crippen molar-refractivity contribution in [3.05, 3.63) is 24.3 Å². The molecule has 1 aliphatic carbocycles. The molecule has 112 valence electrons. The first-order valence-corrected chi connectivity index (χ1v) is 8.46. The van der Waals surface area contributed by atoms with E-state index in [0.717, 1.165) is 22.0 Å². The zero-order valence-corrected chi connectivity index (χ0v) is 13.0. The van der Waals surface area contributed by atoms with Crippen LogP contribution in [0.15, 0.2) is 24.3 Å². The SMILES string of the molecule is CCSC1CCC(Nc2nc(NN)nc3ccccc23)C1. The Labute approximate surface area is 129 Å². The lowest BCUT2D eigenvalue weighted by Gasteiger charge is -2.16. The quantitative estimate of drug-likeness (QED) is 0.582. The molecule has 1 fully saturated rings. The molecule has 2 unspecified atom stereocenters. The van der Waals surface area contributed by atoms with Crippen LogP contribution in [0.25, 0.3) is 10.9 Å². The van der Waals surface area contributed by atoms with Gasteiger partial charge in [-0.3, -0.25) is 5.43 Å². The van der Waals surface area contributed by atoms with E-state index in [1.807, 2.05) is 24.3 Å². The maximum atomic E-state index is 5.47. The van der Waals surface area contributed by atoms with E-state index in [9.17, 15) is 0 Å². The van der Waals surface area contributed by atoms with Gasteiger partial charge in [0.15, 0.2) is 0 Å². The van der Waals surface area contributed by atoms with E-state index in [1.165, 1.54) is 25.0 Å². The second kappa shape index (κ2) is 6.49. The summed E-state index contributed by atoms with van der Waals surface area (Å²) in [6.07, 6.45) is 3.67. The number of hydrazine groups is 1. The Kier molecular flexibility index (Phi) is 4.45. The first-order valence-electron chi connectivity index (χ1n) is 7.41. The van der Waals surface area contributed by atoms with Crippen molar-refractivity contribution < 1.29 is 0 Å². The zero-order chi connectivity index (χ0) is 14.7. The van der Waals surface area contributed by atoms with Gasteiger partial charge in [0.25, 0.3) is 0 Å². The summed E-state index contributed by atoms with van der Waals surface area (Å²) in [4.78, 5) is 8.87. The molecule has 2 atom stereocenters. The summed E-state index contributed by atoms with van der Waals surface area (Å²) < 4.78 is 0. The molecule has 0 radical (unpaired) electrons. The van der Waals surface area contributed by atoms with Crippen LogP contribution < -0.4 is 16.6 Å². The van der Waals surface area contributed by atoms with Gasteiger partial charge in [-0.15, -0.1) is 0 Å². The van der Waals surface area contributed by atoms with Gasteiger partial charge in [0, 0.05) is 16.7 Å². The second-order valence-electron chi connectivity index (χ2n) is 5.29. The monoisotopic (exact) mass is 303 g/mol. The third kappa shape index (κ3) is 3.22. The van der Waals surface area contributed by atoms with Gasteiger partial charge in [-0.1, -0.05) is 19.1 Å². The van der Waals surface area contributed by atoms with Gasteiger partial charge in [-0.25, -0.2) is 10.8 Å².